The number of phenolic OH excluding ortho intramolecular Hbond substituents is 1. The Balaban J connectivity index is 1.71. The van der Waals surface area contributed by atoms with E-state index in [1.165, 1.54) is 24.1 Å². The summed E-state index contributed by atoms with van der Waals surface area (Å²) in [5.74, 6) is -3.51. The van der Waals surface area contributed by atoms with Crippen LogP contribution in [0.1, 0.15) is 36.8 Å². The van der Waals surface area contributed by atoms with Gasteiger partial charge in [0.05, 0.1) is 6.54 Å². The molecule has 1 saturated heterocycles. The van der Waals surface area contributed by atoms with Gasteiger partial charge < -0.3 is 54.2 Å². The van der Waals surface area contributed by atoms with Crippen LogP contribution in [0.3, 0.4) is 0 Å². The fourth-order valence-electron chi connectivity index (χ4n) is 6.12. The number of nitrogens with two attached hydrogens (primary N) is 4. The van der Waals surface area contributed by atoms with Crippen LogP contribution in [-0.2, 0) is 36.8 Å². The number of phenols is 1. The van der Waals surface area contributed by atoms with E-state index in [0.29, 0.717) is 12.0 Å². The third-order valence-corrected chi connectivity index (χ3v) is 8.95. The second-order valence-corrected chi connectivity index (χ2v) is 13.1. The van der Waals surface area contributed by atoms with E-state index in [-0.39, 0.29) is 62.9 Å². The average molecular weight is 744 g/mol. The van der Waals surface area contributed by atoms with Crippen molar-refractivity contribution >= 4 is 52.2 Å². The van der Waals surface area contributed by atoms with E-state index in [1.54, 1.807) is 12.1 Å². The number of hydrogen-bond donors (Lipinski definition) is 9. The number of carbonyl (C=O) groups is 5. The first-order chi connectivity index (χ1) is 25.8. The molecule has 4 atom stereocenters. The summed E-state index contributed by atoms with van der Waals surface area (Å²) in [6.07, 6.45) is 0.828. The van der Waals surface area contributed by atoms with Crippen LogP contribution in [0, 0.1) is 0 Å². The van der Waals surface area contributed by atoms with Crippen LogP contribution >= 0.6 is 0 Å². The second-order valence-electron chi connectivity index (χ2n) is 13.1. The molecule has 1 aliphatic heterocycles. The minimum absolute atomic E-state index is 0.00407. The Morgan fingerprint density at radius 1 is 0.704 bits per heavy atom. The first-order valence-corrected chi connectivity index (χ1v) is 17.6. The van der Waals surface area contributed by atoms with Crippen molar-refractivity contribution in [1.82, 2.24) is 26.2 Å². The summed E-state index contributed by atoms with van der Waals surface area (Å²) >= 11 is 0. The Bertz CT molecular complexity index is 1860. The quantitative estimate of drug-likeness (QED) is 0.0610. The highest BCUT2D eigenvalue weighted by Gasteiger charge is 2.35. The highest BCUT2D eigenvalue weighted by Crippen LogP contribution is 2.18. The molecule has 5 amide bonds. The van der Waals surface area contributed by atoms with Gasteiger partial charge in [-0.1, -0.05) is 54.6 Å². The van der Waals surface area contributed by atoms with Crippen LogP contribution in [0.25, 0.3) is 10.8 Å². The van der Waals surface area contributed by atoms with Crippen LogP contribution in [0.4, 0.5) is 0 Å². The number of guanidine groups is 2. The van der Waals surface area contributed by atoms with E-state index in [0.717, 1.165) is 16.3 Å². The molecule has 3 aromatic rings. The summed E-state index contributed by atoms with van der Waals surface area (Å²) < 4.78 is 0. The molecule has 1 heterocycles. The Morgan fingerprint density at radius 2 is 1.28 bits per heavy atom. The number of amides is 5. The van der Waals surface area contributed by atoms with Crippen molar-refractivity contribution in [2.24, 2.45) is 32.9 Å². The summed E-state index contributed by atoms with van der Waals surface area (Å²) in [5, 5.41) is 22.6. The monoisotopic (exact) mass is 743 g/mol. The molecule has 13 N–H and O–H groups in total. The summed E-state index contributed by atoms with van der Waals surface area (Å²) in [6, 6.07) is 14.8. The molecule has 0 radical (unpaired) electrons. The molecule has 0 saturated carbocycles. The molecular formula is C37H49N11O6. The standard InChI is InChI=1S/C37H49N11O6/c1-48-30(9-5-17-43-37(40)41)34(53)47-28(19-22-11-14-26(49)15-12-22)32(51)44-21-31(50)45-29(20-23-10-13-24-6-2-3-7-25(24)18-23)33(52)46-27(35(48)54)8-4-16-42-36(38)39/h2-3,6-7,10-15,18,27-30,49H,4-5,8-9,16-17,19-21H2,1H3,(H,44,51)(H,45,50)(H,46,52)(H,47,53)(H4,38,39,42)(H4,40,41,43)/t27-,28+,29-,30-/m0/s1. The number of likely N-dealkylation sites (N-methyl/N-ethyl adjacent to an activating group) is 1. The van der Waals surface area contributed by atoms with Crippen LogP contribution in [0.15, 0.2) is 76.7 Å². The van der Waals surface area contributed by atoms with E-state index in [2.05, 4.69) is 31.3 Å². The van der Waals surface area contributed by atoms with Gasteiger partial charge >= 0.3 is 0 Å². The van der Waals surface area contributed by atoms with Gasteiger partial charge in [-0.25, -0.2) is 0 Å². The van der Waals surface area contributed by atoms with Gasteiger partial charge in [-0.3, -0.25) is 34.0 Å². The molecule has 0 unspecified atom stereocenters. The zero-order valence-electron chi connectivity index (χ0n) is 30.2. The average Bonchev–Trinajstić information content (AvgIpc) is 3.14. The Labute approximate surface area is 313 Å². The largest absolute Gasteiger partial charge is 0.508 e. The lowest BCUT2D eigenvalue weighted by Gasteiger charge is -2.32. The number of nitrogens with one attached hydrogen (secondary N) is 4. The molecule has 4 rings (SSSR count). The highest BCUT2D eigenvalue weighted by atomic mass is 16.3. The van der Waals surface area contributed by atoms with Crippen LogP contribution < -0.4 is 44.2 Å². The van der Waals surface area contributed by atoms with Gasteiger partial charge in [-0.15, -0.1) is 0 Å². The number of benzene rings is 3. The number of rotatable bonds is 12. The molecule has 0 aliphatic carbocycles. The van der Waals surface area contributed by atoms with Crippen molar-refractivity contribution in [1.29, 1.82) is 0 Å². The normalized spacial score (nSPS) is 20.1. The zero-order chi connectivity index (χ0) is 39.2. The Kier molecular flexibility index (Phi) is 14.5. The number of hydrogen-bond acceptors (Lipinski definition) is 8. The van der Waals surface area contributed by atoms with Gasteiger partial charge in [0.1, 0.15) is 29.9 Å². The van der Waals surface area contributed by atoms with Gasteiger partial charge in [-0.2, -0.15) is 0 Å². The lowest BCUT2D eigenvalue weighted by molar-refractivity contribution is -0.143. The molecule has 0 aromatic heterocycles. The van der Waals surface area contributed by atoms with Gasteiger partial charge in [0, 0.05) is 33.0 Å². The molecule has 1 fully saturated rings. The summed E-state index contributed by atoms with van der Waals surface area (Å²) in [4.78, 5) is 78.5. The third kappa shape index (κ3) is 12.1. The maximum atomic E-state index is 14.3. The van der Waals surface area contributed by atoms with Crippen LogP contribution in [0.5, 0.6) is 5.75 Å². The minimum Gasteiger partial charge on any atom is -0.508 e. The van der Waals surface area contributed by atoms with Crippen molar-refractivity contribution < 1.29 is 29.1 Å². The van der Waals surface area contributed by atoms with Crippen molar-refractivity contribution in [3.63, 3.8) is 0 Å². The van der Waals surface area contributed by atoms with Gasteiger partial charge in [0.25, 0.3) is 0 Å². The van der Waals surface area contributed by atoms with Crippen molar-refractivity contribution in [3.8, 4) is 5.75 Å². The summed E-state index contributed by atoms with van der Waals surface area (Å²) in [5.41, 5.74) is 23.3. The fourth-order valence-corrected chi connectivity index (χ4v) is 6.12. The van der Waals surface area contributed by atoms with Gasteiger partial charge in [0.2, 0.25) is 29.5 Å². The number of aromatic hydroxyl groups is 1. The van der Waals surface area contributed by atoms with Crippen LogP contribution in [0.2, 0.25) is 0 Å². The first kappa shape index (κ1) is 40.4. The molecule has 17 nitrogen and oxygen atoms in total. The predicted molar refractivity (Wildman–Crippen MR) is 205 cm³/mol. The minimum atomic E-state index is -1.19. The van der Waals surface area contributed by atoms with Crippen molar-refractivity contribution in [2.45, 2.75) is 62.7 Å². The van der Waals surface area contributed by atoms with E-state index in [4.69, 9.17) is 22.9 Å². The molecular weight excluding hydrogens is 694 g/mol. The molecule has 54 heavy (non-hydrogen) atoms. The number of nitrogens with zero attached hydrogens (tertiary/aromatic N) is 3. The number of carbonyl (C=O) groups excluding carboxylic acids is 5. The van der Waals surface area contributed by atoms with Gasteiger partial charge in [-0.05, 0) is 59.7 Å². The van der Waals surface area contributed by atoms with E-state index < -0.39 is 60.2 Å². The second kappa shape index (κ2) is 19.4. The van der Waals surface area contributed by atoms with Crippen molar-refractivity contribution in [2.75, 3.05) is 26.7 Å². The summed E-state index contributed by atoms with van der Waals surface area (Å²) in [6.45, 7) is -0.183. The lowest BCUT2D eigenvalue weighted by atomic mass is 10.00. The fraction of sp³-hybridized carbons (Fsp3) is 0.378. The van der Waals surface area contributed by atoms with Crippen molar-refractivity contribution in [3.05, 3.63) is 77.9 Å². The molecule has 0 bridgehead atoms. The zero-order valence-corrected chi connectivity index (χ0v) is 30.2. The van der Waals surface area contributed by atoms with E-state index in [1.807, 2.05) is 42.5 Å². The van der Waals surface area contributed by atoms with Gasteiger partial charge in [0.15, 0.2) is 11.9 Å². The Morgan fingerprint density at radius 3 is 1.94 bits per heavy atom. The number of fused-ring (bicyclic) bond motifs is 1. The molecule has 17 heteroatoms. The first-order valence-electron chi connectivity index (χ1n) is 17.6. The summed E-state index contributed by atoms with van der Waals surface area (Å²) in [7, 11) is 1.43. The smallest absolute Gasteiger partial charge is 0.245 e. The molecule has 288 valence electrons. The molecule has 1 aliphatic rings. The van der Waals surface area contributed by atoms with E-state index in [9.17, 15) is 29.1 Å². The maximum absolute atomic E-state index is 14.3. The lowest BCUT2D eigenvalue weighted by Crippen LogP contribution is -2.58. The highest BCUT2D eigenvalue weighted by molar-refractivity contribution is 5.97. The topological polar surface area (TPSA) is 286 Å². The Hall–Kier alpha value is -6.39. The SMILES string of the molecule is CN1C(=O)[C@H](CCCN=C(N)N)NC(=O)[C@H](Cc2ccc3ccccc3c2)NC(=O)CNC(=O)[C@@H](Cc2ccc(O)cc2)NC(=O)[C@@H]1CCCN=C(N)N. The van der Waals surface area contributed by atoms with Crippen LogP contribution in [-0.4, -0.2) is 102 Å². The molecule has 3 aromatic carbocycles. The van der Waals surface area contributed by atoms with E-state index >= 15 is 0 Å². The predicted octanol–water partition coefficient (Wildman–Crippen LogP) is -1.15. The molecule has 0 spiro atoms. The number of aliphatic imine (C=N–C) groups is 2. The maximum Gasteiger partial charge on any atom is 0.245 e. The third-order valence-electron chi connectivity index (χ3n) is 8.95.